The minimum absolute atomic E-state index is 0.0944. The Kier molecular flexibility index (Phi) is 6.13. The van der Waals surface area contributed by atoms with Gasteiger partial charge in [0.25, 0.3) is 0 Å². The van der Waals surface area contributed by atoms with Gasteiger partial charge in [-0.1, -0.05) is 27.7 Å². The number of carbonyl (C=O) groups excluding carboxylic acids is 1. The fourth-order valence-corrected chi connectivity index (χ4v) is 2.53. The van der Waals surface area contributed by atoms with E-state index in [0.717, 1.165) is 32.6 Å². The van der Waals surface area contributed by atoms with E-state index in [9.17, 15) is 4.79 Å². The van der Waals surface area contributed by atoms with Crippen LogP contribution in [-0.4, -0.2) is 37.0 Å². The average Bonchev–Trinajstić information content (AvgIpc) is 2.27. The number of hydrogen-bond donors (Lipinski definition) is 1. The van der Waals surface area contributed by atoms with E-state index in [4.69, 9.17) is 0 Å². The largest absolute Gasteiger partial charge is 0.342 e. The minimum atomic E-state index is 0.0944. The van der Waals surface area contributed by atoms with E-state index in [1.807, 2.05) is 0 Å². The van der Waals surface area contributed by atoms with Crippen molar-refractivity contribution in [3.8, 4) is 0 Å². The highest BCUT2D eigenvalue weighted by molar-refractivity contribution is 5.76. The second-order valence-corrected chi connectivity index (χ2v) is 6.77. The molecule has 1 aliphatic rings. The number of hydrogen-bond acceptors (Lipinski definition) is 2. The van der Waals surface area contributed by atoms with Gasteiger partial charge in [0.05, 0.1) is 0 Å². The maximum absolute atomic E-state index is 12.3. The summed E-state index contributed by atoms with van der Waals surface area (Å²) in [6, 6.07) is 0. The van der Waals surface area contributed by atoms with Crippen LogP contribution in [0.1, 0.15) is 53.4 Å². The van der Waals surface area contributed by atoms with Crippen molar-refractivity contribution in [2.24, 2.45) is 11.3 Å². The van der Waals surface area contributed by atoms with E-state index in [2.05, 4.69) is 37.9 Å². The number of rotatable bonds is 5. The van der Waals surface area contributed by atoms with E-state index in [-0.39, 0.29) is 5.41 Å². The summed E-state index contributed by atoms with van der Waals surface area (Å²) in [7, 11) is 0. The molecule has 18 heavy (non-hydrogen) atoms. The molecule has 0 spiro atoms. The molecule has 0 atom stereocenters. The molecular formula is C15H30N2O. The molecule has 1 saturated heterocycles. The predicted molar refractivity (Wildman–Crippen MR) is 76.5 cm³/mol. The molecular weight excluding hydrogens is 224 g/mol. The molecule has 0 bridgehead atoms. The molecule has 1 heterocycles. The molecule has 1 amide bonds. The lowest BCUT2D eigenvalue weighted by molar-refractivity contribution is -0.133. The zero-order valence-electron chi connectivity index (χ0n) is 12.6. The van der Waals surface area contributed by atoms with Crippen LogP contribution in [0.15, 0.2) is 0 Å². The lowest BCUT2D eigenvalue weighted by Crippen LogP contribution is -2.40. The Morgan fingerprint density at radius 3 is 2.39 bits per heavy atom. The van der Waals surface area contributed by atoms with Crippen LogP contribution in [-0.2, 0) is 4.79 Å². The number of nitrogens with one attached hydrogen (secondary N) is 1. The summed E-state index contributed by atoms with van der Waals surface area (Å²) in [4.78, 5) is 14.4. The summed E-state index contributed by atoms with van der Waals surface area (Å²) in [5, 5.41) is 3.38. The van der Waals surface area contributed by atoms with E-state index in [1.165, 1.54) is 12.8 Å². The van der Waals surface area contributed by atoms with Gasteiger partial charge in [0.2, 0.25) is 5.91 Å². The molecule has 1 rings (SSSR count). The quantitative estimate of drug-likeness (QED) is 0.818. The maximum atomic E-state index is 12.3. The summed E-state index contributed by atoms with van der Waals surface area (Å²) in [5.74, 6) is 1.03. The molecule has 106 valence electrons. The van der Waals surface area contributed by atoms with Crippen molar-refractivity contribution in [2.45, 2.75) is 53.4 Å². The van der Waals surface area contributed by atoms with Crippen molar-refractivity contribution >= 4 is 5.91 Å². The Hall–Kier alpha value is -0.570. The summed E-state index contributed by atoms with van der Waals surface area (Å²) in [6.45, 7) is 12.7. The fraction of sp³-hybridized carbons (Fsp3) is 0.933. The third kappa shape index (κ3) is 5.85. The van der Waals surface area contributed by atoms with Crippen LogP contribution in [0.5, 0.6) is 0 Å². The van der Waals surface area contributed by atoms with Crippen LogP contribution >= 0.6 is 0 Å². The van der Waals surface area contributed by atoms with Gasteiger partial charge in [-0.3, -0.25) is 4.79 Å². The van der Waals surface area contributed by atoms with Gasteiger partial charge >= 0.3 is 0 Å². The highest BCUT2D eigenvalue weighted by Crippen LogP contribution is 2.21. The van der Waals surface area contributed by atoms with Crippen molar-refractivity contribution in [1.82, 2.24) is 10.2 Å². The van der Waals surface area contributed by atoms with Gasteiger partial charge in [0, 0.05) is 19.5 Å². The second kappa shape index (κ2) is 7.13. The third-order valence-corrected chi connectivity index (χ3v) is 3.47. The fourth-order valence-electron chi connectivity index (χ4n) is 2.53. The lowest BCUT2D eigenvalue weighted by atomic mass is 9.91. The molecule has 0 aromatic heterocycles. The summed E-state index contributed by atoms with van der Waals surface area (Å²) in [6.07, 6.45) is 4.14. The summed E-state index contributed by atoms with van der Waals surface area (Å²) >= 11 is 0. The summed E-state index contributed by atoms with van der Waals surface area (Å²) < 4.78 is 0. The first kappa shape index (κ1) is 15.5. The van der Waals surface area contributed by atoms with Gasteiger partial charge in [-0.25, -0.2) is 0 Å². The average molecular weight is 254 g/mol. The molecule has 1 aliphatic heterocycles. The first-order valence-electron chi connectivity index (χ1n) is 7.41. The van der Waals surface area contributed by atoms with Gasteiger partial charge in [-0.05, 0) is 43.7 Å². The van der Waals surface area contributed by atoms with E-state index in [0.29, 0.717) is 18.2 Å². The molecule has 0 unspecified atom stereocenters. The summed E-state index contributed by atoms with van der Waals surface area (Å²) in [5.41, 5.74) is 0.0944. The van der Waals surface area contributed by atoms with Gasteiger partial charge in [-0.15, -0.1) is 0 Å². The molecule has 3 heteroatoms. The normalized spacial score (nSPS) is 17.8. The van der Waals surface area contributed by atoms with Gasteiger partial charge in [-0.2, -0.15) is 0 Å². The Morgan fingerprint density at radius 1 is 1.28 bits per heavy atom. The van der Waals surface area contributed by atoms with Crippen molar-refractivity contribution in [2.75, 3.05) is 26.2 Å². The highest BCUT2D eigenvalue weighted by atomic mass is 16.2. The topological polar surface area (TPSA) is 32.3 Å². The lowest BCUT2D eigenvalue weighted by Gasteiger charge is -2.31. The van der Waals surface area contributed by atoms with Crippen LogP contribution in [0, 0.1) is 11.3 Å². The first-order chi connectivity index (χ1) is 8.42. The Bertz CT molecular complexity index is 252. The number of nitrogens with zero attached hydrogens (tertiary/aromatic N) is 1. The van der Waals surface area contributed by atoms with Crippen LogP contribution in [0.2, 0.25) is 0 Å². The molecule has 0 aromatic rings. The van der Waals surface area contributed by atoms with E-state index < -0.39 is 0 Å². The monoisotopic (exact) mass is 254 g/mol. The van der Waals surface area contributed by atoms with Crippen molar-refractivity contribution in [3.05, 3.63) is 0 Å². The second-order valence-electron chi connectivity index (χ2n) is 6.77. The zero-order chi connectivity index (χ0) is 13.6. The standard InChI is InChI=1S/C15H30N2O/c1-5-10-17(14(18)11-15(2,3)4)12-13-6-8-16-9-7-13/h13,16H,5-12H2,1-4H3. The van der Waals surface area contributed by atoms with Crippen LogP contribution in [0.3, 0.4) is 0 Å². The van der Waals surface area contributed by atoms with Gasteiger partial charge < -0.3 is 10.2 Å². The molecule has 0 saturated carbocycles. The maximum Gasteiger partial charge on any atom is 0.223 e. The number of carbonyl (C=O) groups is 1. The molecule has 1 fully saturated rings. The van der Waals surface area contributed by atoms with Gasteiger partial charge in [0.1, 0.15) is 0 Å². The smallest absolute Gasteiger partial charge is 0.223 e. The zero-order valence-corrected chi connectivity index (χ0v) is 12.6. The van der Waals surface area contributed by atoms with Crippen molar-refractivity contribution in [1.29, 1.82) is 0 Å². The van der Waals surface area contributed by atoms with Crippen LogP contribution < -0.4 is 5.32 Å². The predicted octanol–water partition coefficient (Wildman–Crippen LogP) is 2.66. The van der Waals surface area contributed by atoms with E-state index in [1.54, 1.807) is 0 Å². The molecule has 0 aliphatic carbocycles. The Labute approximate surface area is 112 Å². The van der Waals surface area contributed by atoms with Crippen LogP contribution in [0.25, 0.3) is 0 Å². The van der Waals surface area contributed by atoms with Crippen LogP contribution in [0.4, 0.5) is 0 Å². The van der Waals surface area contributed by atoms with E-state index >= 15 is 0 Å². The number of amides is 1. The van der Waals surface area contributed by atoms with Crippen molar-refractivity contribution < 1.29 is 4.79 Å². The SMILES string of the molecule is CCCN(CC1CCNCC1)C(=O)CC(C)(C)C. The third-order valence-electron chi connectivity index (χ3n) is 3.47. The van der Waals surface area contributed by atoms with Crippen molar-refractivity contribution in [3.63, 3.8) is 0 Å². The molecule has 0 aromatic carbocycles. The molecule has 3 nitrogen and oxygen atoms in total. The Morgan fingerprint density at radius 2 is 1.89 bits per heavy atom. The molecule has 1 N–H and O–H groups in total. The number of piperidine rings is 1. The first-order valence-corrected chi connectivity index (χ1v) is 7.41. The Balaban J connectivity index is 2.49. The minimum Gasteiger partial charge on any atom is -0.342 e. The highest BCUT2D eigenvalue weighted by Gasteiger charge is 2.23. The molecule has 0 radical (unpaired) electrons. The van der Waals surface area contributed by atoms with Gasteiger partial charge in [0.15, 0.2) is 0 Å².